The summed E-state index contributed by atoms with van der Waals surface area (Å²) in [6.45, 7) is 7.96. The Kier molecular flexibility index (Phi) is 11.1. The van der Waals surface area contributed by atoms with Crippen molar-refractivity contribution in [3.8, 4) is 0 Å². The summed E-state index contributed by atoms with van der Waals surface area (Å²) in [5.41, 5.74) is 2.18. The number of allylic oxidation sites excluding steroid dienone is 2. The number of nitrogens with zero attached hydrogens (tertiary/aromatic N) is 3. The molecule has 0 aromatic heterocycles. The van der Waals surface area contributed by atoms with E-state index in [-0.39, 0.29) is 29.4 Å². The van der Waals surface area contributed by atoms with E-state index in [9.17, 15) is 20.3 Å². The van der Waals surface area contributed by atoms with E-state index in [0.717, 1.165) is 56.3 Å². The number of hydrogen-bond donors (Lipinski definition) is 3. The minimum atomic E-state index is -0.362. The molecule has 0 saturated carbocycles. The summed E-state index contributed by atoms with van der Waals surface area (Å²) in [4.78, 5) is 17.5. The van der Waals surface area contributed by atoms with E-state index in [1.807, 2.05) is 13.0 Å². The number of anilines is 1. The lowest BCUT2D eigenvalue weighted by Gasteiger charge is -2.36. The maximum absolute atomic E-state index is 11.5. The number of aliphatic hydroxyl groups excluding tert-OH is 2. The highest BCUT2D eigenvalue weighted by atomic mass is 16.6. The van der Waals surface area contributed by atoms with Gasteiger partial charge in [-0.15, -0.1) is 0 Å². The molecule has 176 valence electrons. The van der Waals surface area contributed by atoms with Crippen LogP contribution in [0.3, 0.4) is 0 Å². The highest BCUT2D eigenvalue weighted by molar-refractivity contribution is 5.75. The number of nitro groups is 1. The second-order valence-corrected chi connectivity index (χ2v) is 8.23. The van der Waals surface area contributed by atoms with E-state index in [1.165, 1.54) is 0 Å². The quantitative estimate of drug-likeness (QED) is 0.183. The van der Waals surface area contributed by atoms with Crippen LogP contribution in [0.2, 0.25) is 0 Å². The van der Waals surface area contributed by atoms with Crippen LogP contribution in [0.5, 0.6) is 0 Å². The Bertz CT molecular complexity index is 809. The van der Waals surface area contributed by atoms with Gasteiger partial charge in [-0.3, -0.25) is 20.0 Å². The Morgan fingerprint density at radius 1 is 1.38 bits per heavy atom. The van der Waals surface area contributed by atoms with Crippen LogP contribution in [0.25, 0.3) is 5.57 Å². The van der Waals surface area contributed by atoms with Gasteiger partial charge in [0, 0.05) is 37.6 Å². The molecule has 1 saturated heterocycles. The fraction of sp³-hybridized carbons (Fsp3) is 0.542. The SMILES string of the molecule is C=CC=N/C=C(\C)c1ccc(NCCCCCCN2CC[C@@H](O)C[C@H]2CO)c([N+](=O)[O-])c1. The summed E-state index contributed by atoms with van der Waals surface area (Å²) in [6.07, 6.45) is 9.99. The normalized spacial score (nSPS) is 19.9. The standard InChI is InChI=1S/C24H36N4O4/c1-3-11-25-17-19(2)20-8-9-23(24(15-20)28(31)32)26-12-6-4-5-7-13-27-14-10-22(30)16-21(27)18-29/h3,8-9,11,15,17,21-22,26,29-30H,1,4-7,10,12-14,16,18H2,2H3/b19-17+,25-11?/t21-,22+/m0/s1. The molecule has 0 amide bonds. The smallest absolute Gasteiger partial charge is 0.292 e. The predicted molar refractivity (Wildman–Crippen MR) is 130 cm³/mol. The first-order valence-electron chi connectivity index (χ1n) is 11.3. The van der Waals surface area contributed by atoms with Crippen molar-refractivity contribution in [2.75, 3.05) is 31.6 Å². The molecule has 0 aliphatic carbocycles. The first kappa shape index (κ1) is 25.7. The average Bonchev–Trinajstić information content (AvgIpc) is 2.79. The number of piperidine rings is 1. The Morgan fingerprint density at radius 2 is 2.16 bits per heavy atom. The van der Waals surface area contributed by atoms with Gasteiger partial charge < -0.3 is 15.5 Å². The van der Waals surface area contributed by atoms with Crippen molar-refractivity contribution in [1.82, 2.24) is 4.90 Å². The molecule has 0 spiro atoms. The summed E-state index contributed by atoms with van der Waals surface area (Å²) in [5, 5.41) is 33.9. The van der Waals surface area contributed by atoms with E-state index in [1.54, 1.807) is 30.6 Å². The maximum atomic E-state index is 11.5. The van der Waals surface area contributed by atoms with E-state index < -0.39 is 0 Å². The van der Waals surface area contributed by atoms with E-state index in [0.29, 0.717) is 18.7 Å². The number of aliphatic imine (C=N–C) groups is 1. The number of aliphatic hydroxyl groups is 2. The molecule has 1 fully saturated rings. The van der Waals surface area contributed by atoms with Crippen molar-refractivity contribution in [3.05, 3.63) is 52.7 Å². The zero-order valence-electron chi connectivity index (χ0n) is 18.9. The van der Waals surface area contributed by atoms with Crippen LogP contribution < -0.4 is 5.32 Å². The number of rotatable bonds is 13. The summed E-state index contributed by atoms with van der Waals surface area (Å²) in [5.74, 6) is 0. The Labute approximate surface area is 190 Å². The molecule has 1 heterocycles. The van der Waals surface area contributed by atoms with Crippen LogP contribution in [0, 0.1) is 10.1 Å². The number of hydrogen-bond acceptors (Lipinski definition) is 7. The summed E-state index contributed by atoms with van der Waals surface area (Å²) in [7, 11) is 0. The van der Waals surface area contributed by atoms with E-state index >= 15 is 0 Å². The lowest BCUT2D eigenvalue weighted by molar-refractivity contribution is -0.384. The number of benzene rings is 1. The first-order valence-corrected chi connectivity index (χ1v) is 11.3. The highest BCUT2D eigenvalue weighted by Crippen LogP contribution is 2.28. The van der Waals surface area contributed by atoms with Crippen LogP contribution in [-0.4, -0.2) is 64.6 Å². The molecular weight excluding hydrogens is 408 g/mol. The molecule has 2 atom stereocenters. The molecule has 0 unspecified atom stereocenters. The molecule has 32 heavy (non-hydrogen) atoms. The molecular formula is C24H36N4O4. The van der Waals surface area contributed by atoms with Gasteiger partial charge in [0.15, 0.2) is 0 Å². The first-order chi connectivity index (χ1) is 15.5. The van der Waals surface area contributed by atoms with Crippen molar-refractivity contribution in [1.29, 1.82) is 0 Å². The van der Waals surface area contributed by atoms with Gasteiger partial charge in [-0.2, -0.15) is 0 Å². The molecule has 8 heteroatoms. The number of unbranched alkanes of at least 4 members (excludes halogenated alkanes) is 3. The van der Waals surface area contributed by atoms with E-state index in [2.05, 4.69) is 21.8 Å². The third kappa shape index (κ3) is 8.18. The largest absolute Gasteiger partial charge is 0.395 e. The highest BCUT2D eigenvalue weighted by Gasteiger charge is 2.26. The molecule has 8 nitrogen and oxygen atoms in total. The fourth-order valence-corrected chi connectivity index (χ4v) is 3.95. The number of likely N-dealkylation sites (tertiary alicyclic amines) is 1. The van der Waals surface area contributed by atoms with Crippen LogP contribution >= 0.6 is 0 Å². The molecule has 3 N–H and O–H groups in total. The average molecular weight is 445 g/mol. The van der Waals surface area contributed by atoms with Gasteiger partial charge in [0.05, 0.1) is 17.6 Å². The molecule has 1 aromatic rings. The van der Waals surface area contributed by atoms with Crippen LogP contribution in [0.4, 0.5) is 11.4 Å². The molecule has 1 aliphatic heterocycles. The monoisotopic (exact) mass is 444 g/mol. The third-order valence-corrected chi connectivity index (χ3v) is 5.82. The van der Waals surface area contributed by atoms with Crippen molar-refractivity contribution in [3.63, 3.8) is 0 Å². The predicted octanol–water partition coefficient (Wildman–Crippen LogP) is 4.00. The zero-order chi connectivity index (χ0) is 23.3. The molecule has 0 radical (unpaired) electrons. The van der Waals surface area contributed by atoms with Crippen LogP contribution in [0.1, 0.15) is 51.0 Å². The molecule has 1 aromatic carbocycles. The zero-order valence-corrected chi connectivity index (χ0v) is 18.9. The van der Waals surface area contributed by atoms with Crippen molar-refractivity contribution >= 4 is 23.2 Å². The topological polar surface area (TPSA) is 111 Å². The van der Waals surface area contributed by atoms with Gasteiger partial charge in [0.1, 0.15) is 5.69 Å². The van der Waals surface area contributed by atoms with Crippen molar-refractivity contribution < 1.29 is 15.1 Å². The lowest BCUT2D eigenvalue weighted by atomic mass is 9.99. The van der Waals surface area contributed by atoms with Crippen LogP contribution in [0.15, 0.2) is 42.0 Å². The Balaban J connectivity index is 1.76. The lowest BCUT2D eigenvalue weighted by Crippen LogP contribution is -2.46. The Morgan fingerprint density at radius 3 is 2.88 bits per heavy atom. The molecule has 1 aliphatic rings. The summed E-state index contributed by atoms with van der Waals surface area (Å²) in [6, 6.07) is 5.25. The number of nitrogens with one attached hydrogen (secondary N) is 1. The fourth-order valence-electron chi connectivity index (χ4n) is 3.95. The van der Waals surface area contributed by atoms with Gasteiger partial charge in [-0.1, -0.05) is 31.6 Å². The minimum absolute atomic E-state index is 0.0604. The van der Waals surface area contributed by atoms with Gasteiger partial charge in [-0.05, 0) is 56.4 Å². The Hall–Kier alpha value is -2.55. The van der Waals surface area contributed by atoms with Gasteiger partial charge >= 0.3 is 0 Å². The van der Waals surface area contributed by atoms with E-state index in [4.69, 9.17) is 0 Å². The summed E-state index contributed by atoms with van der Waals surface area (Å²) >= 11 is 0. The summed E-state index contributed by atoms with van der Waals surface area (Å²) < 4.78 is 0. The molecule has 0 bridgehead atoms. The second kappa shape index (κ2) is 13.8. The van der Waals surface area contributed by atoms with Gasteiger partial charge in [0.25, 0.3) is 5.69 Å². The number of nitro benzene ring substituents is 1. The van der Waals surface area contributed by atoms with Gasteiger partial charge in [0.2, 0.25) is 0 Å². The second-order valence-electron chi connectivity index (χ2n) is 8.23. The van der Waals surface area contributed by atoms with Gasteiger partial charge in [-0.25, -0.2) is 0 Å². The molecule has 2 rings (SSSR count). The minimum Gasteiger partial charge on any atom is -0.395 e. The van der Waals surface area contributed by atoms with Crippen LogP contribution in [-0.2, 0) is 0 Å². The van der Waals surface area contributed by atoms with Crippen molar-refractivity contribution in [2.24, 2.45) is 4.99 Å². The third-order valence-electron chi connectivity index (χ3n) is 5.82. The maximum Gasteiger partial charge on any atom is 0.292 e. The van der Waals surface area contributed by atoms with Crippen molar-refractivity contribution in [2.45, 2.75) is 57.6 Å².